The van der Waals surface area contributed by atoms with Crippen LogP contribution in [0.3, 0.4) is 0 Å². The number of rotatable bonds is 4. The molecule has 14 heavy (non-hydrogen) atoms. The fraction of sp³-hybridized carbons (Fsp3) is 0.364. The van der Waals surface area contributed by atoms with Crippen LogP contribution in [0.1, 0.15) is 31.2 Å². The molecule has 1 rings (SSSR count). The maximum Gasteiger partial charge on any atom is 0.218 e. The molecule has 1 amide bonds. The van der Waals surface area contributed by atoms with Gasteiger partial charge in [0.2, 0.25) is 5.91 Å². The van der Waals surface area contributed by atoms with Crippen LogP contribution in [0.4, 0.5) is 0 Å². The number of nitrogens with two attached hydrogens (primary N) is 1. The summed E-state index contributed by atoms with van der Waals surface area (Å²) < 4.78 is 0. The van der Waals surface area contributed by atoms with E-state index in [-0.39, 0.29) is 11.8 Å². The number of hydrogen-bond donors (Lipinski definition) is 1. The number of benzene rings is 1. The molecular formula is C11H14ClNO. The third-order valence-electron chi connectivity index (χ3n) is 2.26. The molecule has 0 saturated carbocycles. The van der Waals surface area contributed by atoms with E-state index in [9.17, 15) is 4.79 Å². The summed E-state index contributed by atoms with van der Waals surface area (Å²) in [5.74, 6) is -0.0805. The summed E-state index contributed by atoms with van der Waals surface area (Å²) in [6.45, 7) is 2.04. The number of carbonyl (C=O) groups is 1. The summed E-state index contributed by atoms with van der Waals surface area (Å²) in [4.78, 5) is 10.8. The van der Waals surface area contributed by atoms with Gasteiger partial charge in [0.15, 0.2) is 0 Å². The predicted octanol–water partition coefficient (Wildman–Crippen LogP) is 2.71. The minimum absolute atomic E-state index is 0.186. The lowest BCUT2D eigenvalue weighted by atomic mass is 9.93. The van der Waals surface area contributed by atoms with E-state index >= 15 is 0 Å². The molecule has 1 aromatic carbocycles. The minimum atomic E-state index is -0.267. The number of primary amides is 1. The molecule has 1 aromatic rings. The van der Waals surface area contributed by atoms with E-state index in [1.165, 1.54) is 0 Å². The lowest BCUT2D eigenvalue weighted by molar-refractivity contribution is -0.118. The van der Waals surface area contributed by atoms with Gasteiger partial charge in [0, 0.05) is 11.4 Å². The summed E-state index contributed by atoms with van der Waals surface area (Å²) in [7, 11) is 0. The van der Waals surface area contributed by atoms with Crippen molar-refractivity contribution in [3.63, 3.8) is 0 Å². The Morgan fingerprint density at radius 3 is 2.79 bits per heavy atom. The standard InChI is InChI=1S/C11H14ClNO/c1-2-8(7-11(13)14)9-4-3-5-10(12)6-9/h3-6,8H,2,7H2,1H3,(H2,13,14). The van der Waals surface area contributed by atoms with Crippen LogP contribution < -0.4 is 5.73 Å². The van der Waals surface area contributed by atoms with Crippen LogP contribution in [-0.4, -0.2) is 5.91 Å². The van der Waals surface area contributed by atoms with Crippen molar-refractivity contribution in [1.29, 1.82) is 0 Å². The first-order valence-electron chi connectivity index (χ1n) is 4.67. The van der Waals surface area contributed by atoms with Gasteiger partial charge in [-0.05, 0) is 30.0 Å². The molecule has 0 bridgehead atoms. The second-order valence-electron chi connectivity index (χ2n) is 3.33. The van der Waals surface area contributed by atoms with Crippen LogP contribution in [0.15, 0.2) is 24.3 Å². The molecule has 0 aliphatic carbocycles. The third kappa shape index (κ3) is 3.04. The summed E-state index contributed by atoms with van der Waals surface area (Å²) in [6, 6.07) is 7.57. The van der Waals surface area contributed by atoms with E-state index in [1.54, 1.807) is 0 Å². The first kappa shape index (κ1) is 11.1. The van der Waals surface area contributed by atoms with Crippen LogP contribution in [0.2, 0.25) is 5.02 Å². The van der Waals surface area contributed by atoms with E-state index < -0.39 is 0 Å². The number of amides is 1. The molecule has 0 radical (unpaired) electrons. The van der Waals surface area contributed by atoms with Crippen molar-refractivity contribution in [2.24, 2.45) is 5.73 Å². The molecule has 1 unspecified atom stereocenters. The normalized spacial score (nSPS) is 12.4. The zero-order valence-electron chi connectivity index (χ0n) is 8.16. The molecule has 0 heterocycles. The highest BCUT2D eigenvalue weighted by atomic mass is 35.5. The van der Waals surface area contributed by atoms with Gasteiger partial charge in [-0.15, -0.1) is 0 Å². The van der Waals surface area contributed by atoms with Gasteiger partial charge in [0.25, 0.3) is 0 Å². The first-order chi connectivity index (χ1) is 6.63. The van der Waals surface area contributed by atoms with Crippen molar-refractivity contribution in [3.8, 4) is 0 Å². The molecule has 2 N–H and O–H groups in total. The summed E-state index contributed by atoms with van der Waals surface area (Å²) in [6.07, 6.45) is 1.28. The van der Waals surface area contributed by atoms with Gasteiger partial charge in [-0.1, -0.05) is 30.7 Å². The zero-order valence-corrected chi connectivity index (χ0v) is 8.92. The second-order valence-corrected chi connectivity index (χ2v) is 3.77. The topological polar surface area (TPSA) is 43.1 Å². The van der Waals surface area contributed by atoms with Crippen molar-refractivity contribution in [1.82, 2.24) is 0 Å². The quantitative estimate of drug-likeness (QED) is 0.818. The summed E-state index contributed by atoms with van der Waals surface area (Å²) in [5.41, 5.74) is 6.25. The molecule has 0 aliphatic heterocycles. The first-order valence-corrected chi connectivity index (χ1v) is 5.05. The Bertz CT molecular complexity index is 325. The average molecular weight is 212 g/mol. The van der Waals surface area contributed by atoms with E-state index in [0.29, 0.717) is 11.4 Å². The van der Waals surface area contributed by atoms with Crippen molar-refractivity contribution >= 4 is 17.5 Å². The van der Waals surface area contributed by atoms with Crippen molar-refractivity contribution in [2.75, 3.05) is 0 Å². The Kier molecular flexibility index (Phi) is 3.96. The maximum absolute atomic E-state index is 10.8. The van der Waals surface area contributed by atoms with Gasteiger partial charge in [0.05, 0.1) is 0 Å². The summed E-state index contributed by atoms with van der Waals surface area (Å²) in [5, 5.41) is 0.699. The molecule has 0 aliphatic rings. The Hall–Kier alpha value is -1.02. The van der Waals surface area contributed by atoms with Gasteiger partial charge in [-0.25, -0.2) is 0 Å². The molecular weight excluding hydrogens is 198 g/mol. The zero-order chi connectivity index (χ0) is 10.6. The lowest BCUT2D eigenvalue weighted by Crippen LogP contribution is -2.14. The fourth-order valence-corrected chi connectivity index (χ4v) is 1.70. The summed E-state index contributed by atoms with van der Waals surface area (Å²) >= 11 is 5.87. The monoisotopic (exact) mass is 211 g/mol. The molecule has 0 spiro atoms. The third-order valence-corrected chi connectivity index (χ3v) is 2.50. The van der Waals surface area contributed by atoms with Gasteiger partial charge < -0.3 is 5.73 Å². The number of halogens is 1. The predicted molar refractivity (Wildman–Crippen MR) is 58.3 cm³/mol. The van der Waals surface area contributed by atoms with E-state index in [2.05, 4.69) is 0 Å². The lowest BCUT2D eigenvalue weighted by Gasteiger charge is -2.13. The molecule has 0 aromatic heterocycles. The van der Waals surface area contributed by atoms with Crippen LogP contribution in [0.5, 0.6) is 0 Å². The highest BCUT2D eigenvalue weighted by Crippen LogP contribution is 2.25. The van der Waals surface area contributed by atoms with E-state index in [4.69, 9.17) is 17.3 Å². The van der Waals surface area contributed by atoms with E-state index in [0.717, 1.165) is 12.0 Å². The van der Waals surface area contributed by atoms with Crippen molar-refractivity contribution in [3.05, 3.63) is 34.9 Å². The van der Waals surface area contributed by atoms with Crippen LogP contribution in [-0.2, 0) is 4.79 Å². The maximum atomic E-state index is 10.8. The van der Waals surface area contributed by atoms with Gasteiger partial charge in [0.1, 0.15) is 0 Å². The van der Waals surface area contributed by atoms with E-state index in [1.807, 2.05) is 31.2 Å². The minimum Gasteiger partial charge on any atom is -0.370 e. The van der Waals surface area contributed by atoms with Crippen LogP contribution >= 0.6 is 11.6 Å². The molecule has 0 fully saturated rings. The molecule has 0 saturated heterocycles. The second kappa shape index (κ2) is 5.01. The largest absolute Gasteiger partial charge is 0.370 e. The highest BCUT2D eigenvalue weighted by molar-refractivity contribution is 6.30. The van der Waals surface area contributed by atoms with Gasteiger partial charge in [-0.3, -0.25) is 4.79 Å². The smallest absolute Gasteiger partial charge is 0.218 e. The SMILES string of the molecule is CCC(CC(N)=O)c1cccc(Cl)c1. The number of hydrogen-bond acceptors (Lipinski definition) is 1. The van der Waals surface area contributed by atoms with Gasteiger partial charge >= 0.3 is 0 Å². The van der Waals surface area contributed by atoms with Gasteiger partial charge in [-0.2, -0.15) is 0 Å². The molecule has 3 heteroatoms. The van der Waals surface area contributed by atoms with Crippen molar-refractivity contribution < 1.29 is 4.79 Å². The van der Waals surface area contributed by atoms with Crippen LogP contribution in [0, 0.1) is 0 Å². The molecule has 76 valence electrons. The Morgan fingerprint density at radius 1 is 1.57 bits per heavy atom. The highest BCUT2D eigenvalue weighted by Gasteiger charge is 2.12. The number of carbonyl (C=O) groups excluding carboxylic acids is 1. The Labute approximate surface area is 89.1 Å². The molecule has 2 nitrogen and oxygen atoms in total. The molecule has 1 atom stereocenters. The Balaban J connectivity index is 2.83. The Morgan fingerprint density at radius 2 is 2.29 bits per heavy atom. The van der Waals surface area contributed by atoms with Crippen molar-refractivity contribution in [2.45, 2.75) is 25.7 Å². The fourth-order valence-electron chi connectivity index (χ4n) is 1.50. The van der Waals surface area contributed by atoms with Crippen LogP contribution in [0.25, 0.3) is 0 Å². The average Bonchev–Trinajstić information content (AvgIpc) is 2.14.